The van der Waals surface area contributed by atoms with Gasteiger partial charge < -0.3 is 20.1 Å². The fourth-order valence-electron chi connectivity index (χ4n) is 2.99. The number of nitrogens with one attached hydrogen (secondary N) is 2. The molecular weight excluding hydrogens is 320 g/mol. The molecule has 6 nitrogen and oxygen atoms in total. The SMILES string of the molecule is CCOc1ccc(NC(=O)C(=O)NC2CCCCCC2)cc1OCC. The largest absolute Gasteiger partial charge is 0.490 e. The lowest BCUT2D eigenvalue weighted by Gasteiger charge is -2.16. The second-order valence-corrected chi connectivity index (χ2v) is 6.14. The molecule has 0 unspecified atom stereocenters. The zero-order valence-corrected chi connectivity index (χ0v) is 15.1. The summed E-state index contributed by atoms with van der Waals surface area (Å²) in [6.07, 6.45) is 6.48. The summed E-state index contributed by atoms with van der Waals surface area (Å²) in [7, 11) is 0. The summed E-state index contributed by atoms with van der Waals surface area (Å²) in [5.74, 6) is -0.0776. The Kier molecular flexibility index (Phi) is 7.57. The Morgan fingerprint density at radius 3 is 2.24 bits per heavy atom. The Hall–Kier alpha value is -2.24. The third-order valence-electron chi connectivity index (χ3n) is 4.20. The highest BCUT2D eigenvalue weighted by Crippen LogP contribution is 2.30. The van der Waals surface area contributed by atoms with Crippen LogP contribution >= 0.6 is 0 Å². The lowest BCUT2D eigenvalue weighted by atomic mass is 10.1. The number of carbonyl (C=O) groups is 2. The summed E-state index contributed by atoms with van der Waals surface area (Å²) in [4.78, 5) is 24.3. The van der Waals surface area contributed by atoms with Crippen molar-refractivity contribution in [2.45, 2.75) is 58.4 Å². The summed E-state index contributed by atoms with van der Waals surface area (Å²) in [5.41, 5.74) is 0.507. The molecule has 2 rings (SSSR count). The number of amides is 2. The van der Waals surface area contributed by atoms with E-state index in [1.807, 2.05) is 13.8 Å². The normalized spacial score (nSPS) is 15.1. The fraction of sp³-hybridized carbons (Fsp3) is 0.579. The van der Waals surface area contributed by atoms with E-state index >= 15 is 0 Å². The lowest BCUT2D eigenvalue weighted by Crippen LogP contribution is -2.41. The van der Waals surface area contributed by atoms with Crippen LogP contribution in [0.1, 0.15) is 52.4 Å². The first-order valence-electron chi connectivity index (χ1n) is 9.15. The molecule has 138 valence electrons. The molecule has 0 aliphatic heterocycles. The molecule has 2 amide bonds. The lowest BCUT2D eigenvalue weighted by molar-refractivity contribution is -0.136. The van der Waals surface area contributed by atoms with Crippen LogP contribution in [0.5, 0.6) is 11.5 Å². The van der Waals surface area contributed by atoms with Gasteiger partial charge in [0.05, 0.1) is 13.2 Å². The van der Waals surface area contributed by atoms with Crippen molar-refractivity contribution < 1.29 is 19.1 Å². The third kappa shape index (κ3) is 5.96. The maximum Gasteiger partial charge on any atom is 0.313 e. The number of hydrogen-bond acceptors (Lipinski definition) is 4. The van der Waals surface area contributed by atoms with Crippen LogP contribution in [0.15, 0.2) is 18.2 Å². The number of benzene rings is 1. The summed E-state index contributed by atoms with van der Waals surface area (Å²) < 4.78 is 11.0. The van der Waals surface area contributed by atoms with Gasteiger partial charge in [-0.05, 0) is 38.8 Å². The molecule has 1 aliphatic carbocycles. The van der Waals surface area contributed by atoms with Crippen molar-refractivity contribution >= 4 is 17.5 Å². The monoisotopic (exact) mass is 348 g/mol. The van der Waals surface area contributed by atoms with Crippen molar-refractivity contribution in [3.05, 3.63) is 18.2 Å². The van der Waals surface area contributed by atoms with Crippen molar-refractivity contribution in [1.82, 2.24) is 5.32 Å². The molecule has 0 radical (unpaired) electrons. The van der Waals surface area contributed by atoms with Crippen molar-refractivity contribution in [2.24, 2.45) is 0 Å². The van der Waals surface area contributed by atoms with Crippen LogP contribution in [0.2, 0.25) is 0 Å². The van der Waals surface area contributed by atoms with Crippen LogP contribution in [0, 0.1) is 0 Å². The predicted octanol–water partition coefficient (Wildman–Crippen LogP) is 3.26. The second kappa shape index (κ2) is 9.91. The number of ether oxygens (including phenoxy) is 2. The summed E-state index contributed by atoms with van der Waals surface area (Å²) in [5, 5.41) is 5.47. The molecule has 25 heavy (non-hydrogen) atoms. The molecule has 1 saturated carbocycles. The highest BCUT2D eigenvalue weighted by Gasteiger charge is 2.20. The molecule has 1 aromatic carbocycles. The molecule has 0 saturated heterocycles. The first kappa shape index (κ1) is 19.1. The molecule has 0 bridgehead atoms. The fourth-order valence-corrected chi connectivity index (χ4v) is 2.99. The average Bonchev–Trinajstić information content (AvgIpc) is 2.86. The highest BCUT2D eigenvalue weighted by molar-refractivity contribution is 6.39. The van der Waals surface area contributed by atoms with Crippen LogP contribution in [-0.2, 0) is 9.59 Å². The van der Waals surface area contributed by atoms with Gasteiger partial charge in [0.1, 0.15) is 0 Å². The van der Waals surface area contributed by atoms with Crippen LogP contribution in [0.3, 0.4) is 0 Å². The Morgan fingerprint density at radius 1 is 0.960 bits per heavy atom. The van der Waals surface area contributed by atoms with E-state index in [0.29, 0.717) is 30.4 Å². The zero-order chi connectivity index (χ0) is 18.1. The van der Waals surface area contributed by atoms with Gasteiger partial charge in [-0.15, -0.1) is 0 Å². The molecule has 0 atom stereocenters. The maximum absolute atomic E-state index is 12.2. The maximum atomic E-state index is 12.2. The van der Waals surface area contributed by atoms with Crippen LogP contribution in [0.25, 0.3) is 0 Å². The summed E-state index contributed by atoms with van der Waals surface area (Å²) in [6.45, 7) is 4.78. The molecule has 1 fully saturated rings. The number of carbonyl (C=O) groups excluding carboxylic acids is 2. The molecule has 1 aromatic rings. The minimum absolute atomic E-state index is 0.0973. The van der Waals surface area contributed by atoms with Gasteiger partial charge in [0, 0.05) is 17.8 Å². The van der Waals surface area contributed by atoms with E-state index in [1.165, 1.54) is 12.8 Å². The average molecular weight is 348 g/mol. The van der Waals surface area contributed by atoms with Crippen molar-refractivity contribution in [2.75, 3.05) is 18.5 Å². The molecular formula is C19H28N2O4. The van der Waals surface area contributed by atoms with Crippen molar-refractivity contribution in [1.29, 1.82) is 0 Å². The van der Waals surface area contributed by atoms with Gasteiger partial charge in [-0.2, -0.15) is 0 Å². The van der Waals surface area contributed by atoms with Crippen LogP contribution < -0.4 is 20.1 Å². The van der Waals surface area contributed by atoms with E-state index in [0.717, 1.165) is 25.7 Å². The van der Waals surface area contributed by atoms with E-state index in [1.54, 1.807) is 18.2 Å². The van der Waals surface area contributed by atoms with E-state index < -0.39 is 11.8 Å². The molecule has 0 spiro atoms. The topological polar surface area (TPSA) is 76.7 Å². The number of hydrogen-bond donors (Lipinski definition) is 2. The third-order valence-corrected chi connectivity index (χ3v) is 4.20. The number of anilines is 1. The number of rotatable bonds is 6. The predicted molar refractivity (Wildman–Crippen MR) is 97.0 cm³/mol. The summed E-state index contributed by atoms with van der Waals surface area (Å²) >= 11 is 0. The van der Waals surface area contributed by atoms with E-state index in [-0.39, 0.29) is 6.04 Å². The Bertz CT molecular complexity index is 581. The summed E-state index contributed by atoms with van der Waals surface area (Å²) in [6, 6.07) is 5.20. The van der Waals surface area contributed by atoms with Crippen molar-refractivity contribution in [3.63, 3.8) is 0 Å². The second-order valence-electron chi connectivity index (χ2n) is 6.14. The standard InChI is InChI=1S/C19H28N2O4/c1-3-24-16-12-11-15(13-17(16)25-4-2)21-19(23)18(22)20-14-9-7-5-6-8-10-14/h11-14H,3-10H2,1-2H3,(H,20,22)(H,21,23). The zero-order valence-electron chi connectivity index (χ0n) is 15.1. The van der Waals surface area contributed by atoms with E-state index in [4.69, 9.17) is 9.47 Å². The molecule has 0 aromatic heterocycles. The Morgan fingerprint density at radius 2 is 1.60 bits per heavy atom. The van der Waals surface area contributed by atoms with Gasteiger partial charge >= 0.3 is 11.8 Å². The molecule has 0 heterocycles. The Labute approximate surface area is 149 Å². The molecule has 6 heteroatoms. The Balaban J connectivity index is 1.96. The van der Waals surface area contributed by atoms with Gasteiger partial charge in [-0.3, -0.25) is 9.59 Å². The van der Waals surface area contributed by atoms with Crippen LogP contribution in [0.4, 0.5) is 5.69 Å². The minimum Gasteiger partial charge on any atom is -0.490 e. The minimum atomic E-state index is -0.657. The highest BCUT2D eigenvalue weighted by atomic mass is 16.5. The van der Waals surface area contributed by atoms with Crippen LogP contribution in [-0.4, -0.2) is 31.1 Å². The van der Waals surface area contributed by atoms with Gasteiger partial charge in [-0.25, -0.2) is 0 Å². The molecule has 1 aliphatic rings. The van der Waals surface area contributed by atoms with E-state index in [2.05, 4.69) is 10.6 Å². The quantitative estimate of drug-likeness (QED) is 0.611. The smallest absolute Gasteiger partial charge is 0.313 e. The first-order valence-corrected chi connectivity index (χ1v) is 9.15. The van der Waals surface area contributed by atoms with E-state index in [9.17, 15) is 9.59 Å². The van der Waals surface area contributed by atoms with Gasteiger partial charge in [0.2, 0.25) is 0 Å². The first-order chi connectivity index (χ1) is 12.1. The molecule has 2 N–H and O–H groups in total. The van der Waals surface area contributed by atoms with Crippen molar-refractivity contribution in [3.8, 4) is 11.5 Å². The van der Waals surface area contributed by atoms with Gasteiger partial charge in [0.15, 0.2) is 11.5 Å². The van der Waals surface area contributed by atoms with Gasteiger partial charge in [0.25, 0.3) is 0 Å². The van der Waals surface area contributed by atoms with Gasteiger partial charge in [-0.1, -0.05) is 25.7 Å².